The van der Waals surface area contributed by atoms with E-state index in [1.807, 2.05) is 18.2 Å². The number of hydrogen-bond donors (Lipinski definition) is 2. The topological polar surface area (TPSA) is 92.1 Å². The van der Waals surface area contributed by atoms with Crippen molar-refractivity contribution in [1.82, 2.24) is 4.90 Å². The van der Waals surface area contributed by atoms with Crippen molar-refractivity contribution in [1.29, 1.82) is 0 Å². The maximum absolute atomic E-state index is 12.1. The number of carbonyl (C=O) groups excluding carboxylic acids is 1. The van der Waals surface area contributed by atoms with E-state index in [-0.39, 0.29) is 18.3 Å². The van der Waals surface area contributed by atoms with E-state index in [0.29, 0.717) is 11.1 Å². The number of carbonyl (C=O) groups is 1. The zero-order chi connectivity index (χ0) is 13.1. The number of likely N-dealkylation sites (N-methyl/N-ethyl adjacent to an activating group) is 1. The Morgan fingerprint density at radius 1 is 1.50 bits per heavy atom. The largest absolute Gasteiger partial charge is 0.463 e. The zero-order valence-electron chi connectivity index (χ0n) is 9.83. The standard InChI is InChI=1S/C12H13N3O3/c1-15(6-11(13)14-17)12(16)9-7-18-10-5-3-2-4-8(9)10/h2-5,7,17H,6H2,1H3,(H2,13,14). The average molecular weight is 247 g/mol. The molecule has 1 aromatic heterocycles. The Bertz CT molecular complexity index is 603. The third-order valence-corrected chi connectivity index (χ3v) is 2.59. The Kier molecular flexibility index (Phi) is 3.18. The van der Waals surface area contributed by atoms with Gasteiger partial charge in [-0.05, 0) is 6.07 Å². The molecule has 0 aliphatic heterocycles. The molecule has 1 amide bonds. The van der Waals surface area contributed by atoms with Crippen LogP contribution in [0.5, 0.6) is 0 Å². The second-order valence-corrected chi connectivity index (χ2v) is 3.90. The molecule has 0 aliphatic carbocycles. The minimum absolute atomic E-state index is 0.0290. The van der Waals surface area contributed by atoms with Gasteiger partial charge in [-0.3, -0.25) is 4.79 Å². The third kappa shape index (κ3) is 2.13. The molecular formula is C12H13N3O3. The predicted octanol–water partition coefficient (Wildman–Crippen LogP) is 1.25. The first kappa shape index (κ1) is 12.0. The summed E-state index contributed by atoms with van der Waals surface area (Å²) in [6.07, 6.45) is 1.41. The van der Waals surface area contributed by atoms with Gasteiger partial charge in [-0.2, -0.15) is 0 Å². The molecule has 18 heavy (non-hydrogen) atoms. The smallest absolute Gasteiger partial charge is 0.257 e. The van der Waals surface area contributed by atoms with E-state index in [1.54, 1.807) is 13.1 Å². The van der Waals surface area contributed by atoms with E-state index < -0.39 is 0 Å². The lowest BCUT2D eigenvalue weighted by molar-refractivity contribution is 0.0814. The van der Waals surface area contributed by atoms with E-state index in [0.717, 1.165) is 5.39 Å². The maximum Gasteiger partial charge on any atom is 0.257 e. The van der Waals surface area contributed by atoms with Crippen LogP contribution in [-0.4, -0.2) is 35.4 Å². The first-order chi connectivity index (χ1) is 8.63. The highest BCUT2D eigenvalue weighted by Gasteiger charge is 2.18. The molecular weight excluding hydrogens is 234 g/mol. The molecule has 0 aliphatic rings. The molecule has 94 valence electrons. The van der Waals surface area contributed by atoms with Crippen molar-refractivity contribution in [3.8, 4) is 0 Å². The van der Waals surface area contributed by atoms with Crippen LogP contribution in [0.15, 0.2) is 40.1 Å². The molecule has 0 saturated carbocycles. The van der Waals surface area contributed by atoms with Crippen LogP contribution >= 0.6 is 0 Å². The number of fused-ring (bicyclic) bond motifs is 1. The van der Waals surface area contributed by atoms with Crippen molar-refractivity contribution < 1.29 is 14.4 Å². The molecule has 0 fully saturated rings. The summed E-state index contributed by atoms with van der Waals surface area (Å²) in [4.78, 5) is 13.5. The minimum atomic E-state index is -0.244. The summed E-state index contributed by atoms with van der Waals surface area (Å²) in [5.74, 6) is -0.273. The molecule has 1 heterocycles. The lowest BCUT2D eigenvalue weighted by Gasteiger charge is -2.15. The molecule has 6 nitrogen and oxygen atoms in total. The third-order valence-electron chi connectivity index (χ3n) is 2.59. The van der Waals surface area contributed by atoms with Gasteiger partial charge in [0.2, 0.25) is 0 Å². The predicted molar refractivity (Wildman–Crippen MR) is 66.6 cm³/mol. The van der Waals surface area contributed by atoms with E-state index in [1.165, 1.54) is 11.2 Å². The highest BCUT2D eigenvalue weighted by molar-refractivity contribution is 6.06. The van der Waals surface area contributed by atoms with Gasteiger partial charge in [-0.25, -0.2) is 0 Å². The summed E-state index contributed by atoms with van der Waals surface area (Å²) in [6.45, 7) is 0.0504. The number of nitrogens with two attached hydrogens (primary N) is 1. The van der Waals surface area contributed by atoms with Gasteiger partial charge in [-0.1, -0.05) is 23.4 Å². The molecule has 0 saturated heterocycles. The molecule has 0 atom stereocenters. The lowest BCUT2D eigenvalue weighted by Crippen LogP contribution is -2.35. The number of oxime groups is 1. The normalized spacial score (nSPS) is 11.7. The van der Waals surface area contributed by atoms with Crippen molar-refractivity contribution in [3.05, 3.63) is 36.1 Å². The first-order valence-corrected chi connectivity index (χ1v) is 5.31. The van der Waals surface area contributed by atoms with E-state index in [2.05, 4.69) is 5.16 Å². The summed E-state index contributed by atoms with van der Waals surface area (Å²) in [5, 5.41) is 12.1. The van der Waals surface area contributed by atoms with Crippen molar-refractivity contribution in [2.24, 2.45) is 10.9 Å². The van der Waals surface area contributed by atoms with Crippen molar-refractivity contribution in [2.75, 3.05) is 13.6 Å². The Labute approximate surface area is 103 Å². The van der Waals surface area contributed by atoms with Crippen molar-refractivity contribution in [2.45, 2.75) is 0 Å². The summed E-state index contributed by atoms with van der Waals surface area (Å²) >= 11 is 0. The van der Waals surface area contributed by atoms with Crippen LogP contribution in [0.25, 0.3) is 11.0 Å². The van der Waals surface area contributed by atoms with Crippen molar-refractivity contribution >= 4 is 22.7 Å². The number of furan rings is 1. The molecule has 0 unspecified atom stereocenters. The Morgan fingerprint density at radius 3 is 2.94 bits per heavy atom. The van der Waals surface area contributed by atoms with Crippen molar-refractivity contribution in [3.63, 3.8) is 0 Å². The number of rotatable bonds is 3. The maximum atomic E-state index is 12.1. The monoisotopic (exact) mass is 247 g/mol. The van der Waals surface area contributed by atoms with Crippen LogP contribution in [0, 0.1) is 0 Å². The molecule has 3 N–H and O–H groups in total. The van der Waals surface area contributed by atoms with Gasteiger partial charge in [0.25, 0.3) is 5.91 Å². The van der Waals surface area contributed by atoms with Crippen LogP contribution in [0.1, 0.15) is 10.4 Å². The average Bonchev–Trinajstić information content (AvgIpc) is 2.81. The summed E-state index contributed by atoms with van der Waals surface area (Å²) in [7, 11) is 1.57. The quantitative estimate of drug-likeness (QED) is 0.369. The highest BCUT2D eigenvalue weighted by atomic mass is 16.4. The Morgan fingerprint density at radius 2 is 2.22 bits per heavy atom. The second kappa shape index (κ2) is 4.79. The number of nitrogens with zero attached hydrogens (tertiary/aromatic N) is 2. The molecule has 2 rings (SSSR count). The second-order valence-electron chi connectivity index (χ2n) is 3.90. The van der Waals surface area contributed by atoms with Gasteiger partial charge in [0.05, 0.1) is 12.1 Å². The van der Waals surface area contributed by atoms with Gasteiger partial charge in [0.15, 0.2) is 5.84 Å². The van der Waals surface area contributed by atoms with Crippen LogP contribution in [0.4, 0.5) is 0 Å². The molecule has 0 spiro atoms. The van der Waals surface area contributed by atoms with Crippen LogP contribution in [-0.2, 0) is 0 Å². The number of amides is 1. The number of benzene rings is 1. The fraction of sp³-hybridized carbons (Fsp3) is 0.167. The number of amidine groups is 1. The minimum Gasteiger partial charge on any atom is -0.463 e. The lowest BCUT2D eigenvalue weighted by atomic mass is 10.1. The molecule has 1 aromatic carbocycles. The van der Waals surface area contributed by atoms with Gasteiger partial charge in [0.1, 0.15) is 11.8 Å². The van der Waals surface area contributed by atoms with Gasteiger partial charge >= 0.3 is 0 Å². The van der Waals surface area contributed by atoms with E-state index in [4.69, 9.17) is 15.4 Å². The molecule has 2 aromatic rings. The summed E-state index contributed by atoms with van der Waals surface area (Å²) < 4.78 is 5.29. The first-order valence-electron chi connectivity index (χ1n) is 5.31. The number of para-hydroxylation sites is 1. The van der Waals surface area contributed by atoms with E-state index in [9.17, 15) is 4.79 Å². The molecule has 0 bridgehead atoms. The van der Waals surface area contributed by atoms with Gasteiger partial charge < -0.3 is 20.3 Å². The summed E-state index contributed by atoms with van der Waals surface area (Å²) in [6, 6.07) is 7.26. The fourth-order valence-corrected chi connectivity index (χ4v) is 1.70. The Balaban J connectivity index is 2.28. The number of hydrogen-bond acceptors (Lipinski definition) is 4. The van der Waals surface area contributed by atoms with Gasteiger partial charge in [-0.15, -0.1) is 0 Å². The fourth-order valence-electron chi connectivity index (χ4n) is 1.70. The summed E-state index contributed by atoms with van der Waals surface area (Å²) in [5.41, 5.74) is 6.47. The van der Waals surface area contributed by atoms with Crippen LogP contribution in [0.3, 0.4) is 0 Å². The SMILES string of the molecule is CN(CC(N)=NO)C(=O)c1coc2ccccc12. The molecule has 0 radical (unpaired) electrons. The highest BCUT2D eigenvalue weighted by Crippen LogP contribution is 2.21. The zero-order valence-corrected chi connectivity index (χ0v) is 9.83. The van der Waals surface area contributed by atoms with E-state index >= 15 is 0 Å². The van der Waals surface area contributed by atoms with Crippen LogP contribution < -0.4 is 5.73 Å². The Hall–Kier alpha value is -2.50. The van der Waals surface area contributed by atoms with Crippen LogP contribution in [0.2, 0.25) is 0 Å². The molecule has 6 heteroatoms. The van der Waals surface area contributed by atoms with Gasteiger partial charge in [0, 0.05) is 12.4 Å².